The zero-order valence-corrected chi connectivity index (χ0v) is 14.7. The predicted molar refractivity (Wildman–Crippen MR) is 96.1 cm³/mol. The Bertz CT molecular complexity index is 692. The van der Waals surface area contributed by atoms with Crippen molar-refractivity contribution < 1.29 is 4.79 Å². The predicted octanol–water partition coefficient (Wildman–Crippen LogP) is 2.91. The van der Waals surface area contributed by atoms with Gasteiger partial charge in [-0.15, -0.1) is 11.3 Å². The molecule has 2 heterocycles. The van der Waals surface area contributed by atoms with Gasteiger partial charge in [0.25, 0.3) is 0 Å². The van der Waals surface area contributed by atoms with Crippen LogP contribution in [-0.2, 0) is 17.8 Å². The summed E-state index contributed by atoms with van der Waals surface area (Å²) < 4.78 is 0. The molecule has 24 heavy (non-hydrogen) atoms. The van der Waals surface area contributed by atoms with E-state index in [1.807, 2.05) is 5.51 Å². The summed E-state index contributed by atoms with van der Waals surface area (Å²) in [6.45, 7) is 4.45. The highest BCUT2D eigenvalue weighted by atomic mass is 32.1. The van der Waals surface area contributed by atoms with Crippen molar-refractivity contribution in [1.29, 1.82) is 0 Å². The maximum atomic E-state index is 13.0. The first-order valence-corrected chi connectivity index (χ1v) is 9.71. The molecule has 0 spiro atoms. The number of amides is 1. The number of rotatable bonds is 3. The van der Waals surface area contributed by atoms with Crippen molar-refractivity contribution in [3.63, 3.8) is 0 Å². The van der Waals surface area contributed by atoms with Crippen LogP contribution < -0.4 is 0 Å². The van der Waals surface area contributed by atoms with Crippen molar-refractivity contribution in [3.8, 4) is 0 Å². The highest BCUT2D eigenvalue weighted by Crippen LogP contribution is 2.33. The average Bonchev–Trinajstić information content (AvgIpc) is 3.14. The molecular formula is C19H23N3OS. The Morgan fingerprint density at radius 2 is 2.04 bits per heavy atom. The van der Waals surface area contributed by atoms with Gasteiger partial charge in [0, 0.05) is 38.1 Å². The van der Waals surface area contributed by atoms with E-state index >= 15 is 0 Å². The molecule has 0 unspecified atom stereocenters. The van der Waals surface area contributed by atoms with Crippen molar-refractivity contribution >= 4 is 17.2 Å². The Morgan fingerprint density at radius 1 is 1.21 bits per heavy atom. The summed E-state index contributed by atoms with van der Waals surface area (Å²) in [7, 11) is 0. The van der Waals surface area contributed by atoms with Crippen molar-refractivity contribution in [3.05, 3.63) is 52.0 Å². The zero-order valence-electron chi connectivity index (χ0n) is 13.9. The highest BCUT2D eigenvalue weighted by Gasteiger charge is 2.31. The van der Waals surface area contributed by atoms with Crippen LogP contribution in [0, 0.1) is 0 Å². The summed E-state index contributed by atoms with van der Waals surface area (Å²) in [5.74, 6) is 0.399. The van der Waals surface area contributed by atoms with Gasteiger partial charge in [0.2, 0.25) is 5.91 Å². The maximum Gasteiger partial charge on any atom is 0.230 e. The van der Waals surface area contributed by atoms with Gasteiger partial charge in [0.1, 0.15) is 0 Å². The fourth-order valence-electron chi connectivity index (χ4n) is 3.90. The molecule has 4 rings (SSSR count). The third-order valence-corrected chi connectivity index (χ3v) is 5.86. The quantitative estimate of drug-likeness (QED) is 0.861. The third-order valence-electron chi connectivity index (χ3n) is 5.22. The summed E-state index contributed by atoms with van der Waals surface area (Å²) in [4.78, 5) is 21.9. The average molecular weight is 341 g/mol. The van der Waals surface area contributed by atoms with Crippen LogP contribution in [0.2, 0.25) is 0 Å². The smallest absolute Gasteiger partial charge is 0.230 e. The largest absolute Gasteiger partial charge is 0.340 e. The Labute approximate surface area is 147 Å². The zero-order chi connectivity index (χ0) is 16.4. The van der Waals surface area contributed by atoms with E-state index in [2.05, 4.69) is 44.4 Å². The molecule has 1 atom stereocenters. The number of nitrogens with zero attached hydrogens (tertiary/aromatic N) is 3. The Balaban J connectivity index is 1.38. The number of thiazole rings is 1. The van der Waals surface area contributed by atoms with Crippen LogP contribution >= 0.6 is 11.3 Å². The summed E-state index contributed by atoms with van der Waals surface area (Å²) in [6, 6.07) is 8.48. The van der Waals surface area contributed by atoms with Crippen LogP contribution in [0.5, 0.6) is 0 Å². The van der Waals surface area contributed by atoms with E-state index in [4.69, 9.17) is 0 Å². The molecule has 1 aliphatic carbocycles. The first-order chi connectivity index (χ1) is 11.8. The minimum atomic E-state index is 0.0695. The second kappa shape index (κ2) is 7.03. The van der Waals surface area contributed by atoms with E-state index in [1.54, 1.807) is 11.3 Å². The molecule has 1 amide bonds. The number of carbonyl (C=O) groups excluding carboxylic acids is 1. The molecule has 2 aromatic rings. The van der Waals surface area contributed by atoms with E-state index in [0.717, 1.165) is 57.7 Å². The van der Waals surface area contributed by atoms with Gasteiger partial charge in [-0.2, -0.15) is 0 Å². The summed E-state index contributed by atoms with van der Waals surface area (Å²) >= 11 is 1.64. The number of fused-ring (bicyclic) bond motifs is 1. The SMILES string of the molecule is O=C([C@@H]1CCCc2ccccc21)N1CCN(Cc2cscn2)CC1. The number of hydrogen-bond acceptors (Lipinski definition) is 4. The summed E-state index contributed by atoms with van der Waals surface area (Å²) in [5, 5.41) is 2.11. The number of aryl methyl sites for hydroxylation is 1. The monoisotopic (exact) mass is 341 g/mol. The molecule has 1 fully saturated rings. The fraction of sp³-hybridized carbons (Fsp3) is 0.474. The van der Waals surface area contributed by atoms with Crippen molar-refractivity contribution in [2.75, 3.05) is 26.2 Å². The van der Waals surface area contributed by atoms with Gasteiger partial charge in [-0.3, -0.25) is 9.69 Å². The molecule has 4 nitrogen and oxygen atoms in total. The highest BCUT2D eigenvalue weighted by molar-refractivity contribution is 7.07. The molecule has 0 N–H and O–H groups in total. The molecule has 1 aliphatic heterocycles. The van der Waals surface area contributed by atoms with Crippen LogP contribution in [0.15, 0.2) is 35.2 Å². The van der Waals surface area contributed by atoms with Crippen molar-refractivity contribution in [2.45, 2.75) is 31.7 Å². The van der Waals surface area contributed by atoms with Crippen LogP contribution in [0.1, 0.15) is 35.6 Å². The van der Waals surface area contributed by atoms with Crippen LogP contribution in [0.3, 0.4) is 0 Å². The van der Waals surface area contributed by atoms with Gasteiger partial charge >= 0.3 is 0 Å². The molecule has 126 valence electrons. The molecule has 1 aromatic heterocycles. The van der Waals surface area contributed by atoms with E-state index in [9.17, 15) is 4.79 Å². The molecule has 0 radical (unpaired) electrons. The van der Waals surface area contributed by atoms with E-state index < -0.39 is 0 Å². The molecule has 0 bridgehead atoms. The lowest BCUT2D eigenvalue weighted by Gasteiger charge is -2.37. The van der Waals surface area contributed by atoms with Gasteiger partial charge < -0.3 is 4.90 Å². The molecule has 1 saturated heterocycles. The minimum Gasteiger partial charge on any atom is -0.340 e. The lowest BCUT2D eigenvalue weighted by molar-refractivity contribution is -0.135. The lowest BCUT2D eigenvalue weighted by atomic mass is 9.82. The Kier molecular flexibility index (Phi) is 4.63. The van der Waals surface area contributed by atoms with Gasteiger partial charge in [-0.05, 0) is 30.4 Å². The normalized spacial score (nSPS) is 21.5. The number of hydrogen-bond donors (Lipinski definition) is 0. The number of carbonyl (C=O) groups is 1. The van der Waals surface area contributed by atoms with Gasteiger partial charge in [0.15, 0.2) is 0 Å². The number of aromatic nitrogens is 1. The third kappa shape index (κ3) is 3.23. The van der Waals surface area contributed by atoms with Crippen LogP contribution in [0.25, 0.3) is 0 Å². The number of piperazine rings is 1. The second-order valence-electron chi connectivity index (χ2n) is 6.72. The first-order valence-electron chi connectivity index (χ1n) is 8.77. The molecule has 5 heteroatoms. The van der Waals surface area contributed by atoms with E-state index in [0.29, 0.717) is 5.91 Å². The Morgan fingerprint density at radius 3 is 2.83 bits per heavy atom. The summed E-state index contributed by atoms with van der Waals surface area (Å²) in [6.07, 6.45) is 3.23. The molecule has 0 saturated carbocycles. The molecule has 1 aromatic carbocycles. The molecule has 2 aliphatic rings. The number of benzene rings is 1. The fourth-order valence-corrected chi connectivity index (χ4v) is 4.45. The van der Waals surface area contributed by atoms with Gasteiger partial charge in [0.05, 0.1) is 17.1 Å². The lowest BCUT2D eigenvalue weighted by Crippen LogP contribution is -2.49. The van der Waals surface area contributed by atoms with Crippen molar-refractivity contribution in [1.82, 2.24) is 14.8 Å². The first kappa shape index (κ1) is 15.8. The van der Waals surface area contributed by atoms with Crippen LogP contribution in [-0.4, -0.2) is 46.9 Å². The maximum absolute atomic E-state index is 13.0. The van der Waals surface area contributed by atoms with E-state index in [-0.39, 0.29) is 5.92 Å². The summed E-state index contributed by atoms with van der Waals surface area (Å²) in [5.41, 5.74) is 5.65. The topological polar surface area (TPSA) is 36.4 Å². The van der Waals surface area contributed by atoms with Gasteiger partial charge in [-0.1, -0.05) is 24.3 Å². The van der Waals surface area contributed by atoms with Crippen molar-refractivity contribution in [2.24, 2.45) is 0 Å². The minimum absolute atomic E-state index is 0.0695. The Hall–Kier alpha value is -1.72. The van der Waals surface area contributed by atoms with Gasteiger partial charge in [-0.25, -0.2) is 4.98 Å². The standard InChI is InChI=1S/C19H23N3OS/c23-19(18-7-3-5-15-4-1-2-6-17(15)18)22-10-8-21(9-11-22)12-16-13-24-14-20-16/h1-2,4,6,13-14,18H,3,5,7-12H2/t18-/m1/s1. The second-order valence-corrected chi connectivity index (χ2v) is 7.44. The van der Waals surface area contributed by atoms with E-state index in [1.165, 1.54) is 11.1 Å². The molecular weight excluding hydrogens is 318 g/mol. The van der Waals surface area contributed by atoms with Crippen LogP contribution in [0.4, 0.5) is 0 Å².